The van der Waals surface area contributed by atoms with Crippen molar-refractivity contribution in [2.24, 2.45) is 0 Å². The molecule has 13 heavy (non-hydrogen) atoms. The number of carbonyl (C=O) groups is 1. The third-order valence-corrected chi connectivity index (χ3v) is 1.42. The van der Waals surface area contributed by atoms with Crippen molar-refractivity contribution in [3.8, 4) is 0 Å². The Hall–Kier alpha value is -0.406. The van der Waals surface area contributed by atoms with Gasteiger partial charge in [-0.1, -0.05) is 0 Å². The van der Waals surface area contributed by atoms with Gasteiger partial charge in [-0.2, -0.15) is 6.07 Å². The third-order valence-electron chi connectivity index (χ3n) is 1.42. The minimum atomic E-state index is -0.0789. The molecular weight excluding hydrogens is 241 g/mol. The molecule has 0 aliphatic carbocycles. The first kappa shape index (κ1) is 12.6. The largest absolute Gasteiger partial charge is 0.354 e. The van der Waals surface area contributed by atoms with Crippen molar-refractivity contribution in [1.29, 1.82) is 0 Å². The van der Waals surface area contributed by atoms with E-state index in [9.17, 15) is 4.79 Å². The second kappa shape index (κ2) is 6.11. The van der Waals surface area contributed by atoms with Crippen LogP contribution in [-0.2, 0) is 32.7 Å². The Kier molecular flexibility index (Phi) is 5.92. The summed E-state index contributed by atoms with van der Waals surface area (Å²) in [5.41, 5.74) is 1.22. The summed E-state index contributed by atoms with van der Waals surface area (Å²) in [6, 6.07) is 3.32. The Balaban J connectivity index is 0. The van der Waals surface area contributed by atoms with Gasteiger partial charge >= 0.3 is 0 Å². The van der Waals surface area contributed by atoms with Gasteiger partial charge in [0.2, 0.25) is 5.91 Å². The Morgan fingerprint density at radius 2 is 2.46 bits per heavy atom. The number of hydrogen-bond acceptors (Lipinski definition) is 2. The molecule has 0 atom stereocenters. The number of nitrogens with one attached hydrogen (secondary N) is 1. The molecule has 1 amide bonds. The number of amides is 1. The van der Waals surface area contributed by atoms with Crippen molar-refractivity contribution in [3.63, 3.8) is 0 Å². The molecule has 3 nitrogen and oxygen atoms in total. The van der Waals surface area contributed by atoms with E-state index in [-0.39, 0.29) is 40.0 Å². The summed E-state index contributed by atoms with van der Waals surface area (Å²) >= 11 is 0. The van der Waals surface area contributed by atoms with Crippen LogP contribution in [0.4, 0.5) is 0 Å². The maximum Gasteiger partial charge on any atom is 0.233 e. The molecule has 1 aromatic heterocycles. The summed E-state index contributed by atoms with van der Waals surface area (Å²) < 4.78 is 0. The number of hydrogen-bond donors (Lipinski definition) is 1. The third kappa shape index (κ3) is 3.88. The topological polar surface area (TPSA) is 42.0 Å². The first-order valence-corrected chi connectivity index (χ1v) is 3.80. The molecule has 0 spiro atoms. The van der Waals surface area contributed by atoms with Gasteiger partial charge in [0, 0.05) is 46.9 Å². The molecule has 1 rings (SSSR count). The van der Waals surface area contributed by atoms with Crippen molar-refractivity contribution in [3.05, 3.63) is 36.5 Å². The molecule has 0 bridgehead atoms. The van der Waals surface area contributed by atoms with Gasteiger partial charge in [-0.15, -0.1) is 5.69 Å². The van der Waals surface area contributed by atoms with Crippen LogP contribution in [0.15, 0.2) is 18.3 Å². The van der Waals surface area contributed by atoms with Crippen LogP contribution >= 0.6 is 0 Å². The summed E-state index contributed by atoms with van der Waals surface area (Å²) in [6.45, 7) is 6.14. The van der Waals surface area contributed by atoms with E-state index in [1.54, 1.807) is 18.3 Å². The van der Waals surface area contributed by atoms with E-state index in [4.69, 9.17) is 0 Å². The molecule has 0 saturated heterocycles. The van der Waals surface area contributed by atoms with E-state index in [1.807, 2.05) is 6.92 Å². The fourth-order valence-corrected chi connectivity index (χ4v) is 0.882. The second-order valence-electron chi connectivity index (χ2n) is 2.40. The van der Waals surface area contributed by atoms with Crippen molar-refractivity contribution >= 4 is 5.91 Å². The number of rotatable bonds is 2. The van der Waals surface area contributed by atoms with Gasteiger partial charge in [0.25, 0.3) is 0 Å². The first-order chi connectivity index (χ1) is 5.74. The SMILES string of the molecule is [CH2-]c1cc(C(=O)NCC)ccn1.[HH].[Y]. The fraction of sp³-hybridized carbons (Fsp3) is 0.222. The quantitative estimate of drug-likeness (QED) is 0.807. The summed E-state index contributed by atoms with van der Waals surface area (Å²) in [7, 11) is 0. The summed E-state index contributed by atoms with van der Waals surface area (Å²) in [5.74, 6) is -0.0789. The summed E-state index contributed by atoms with van der Waals surface area (Å²) in [5, 5.41) is 2.69. The monoisotopic (exact) mass is 254 g/mol. The van der Waals surface area contributed by atoms with E-state index in [2.05, 4.69) is 17.2 Å². The molecule has 4 heteroatoms. The molecule has 0 fully saturated rings. The van der Waals surface area contributed by atoms with Gasteiger partial charge in [-0.3, -0.25) is 9.78 Å². The second-order valence-corrected chi connectivity index (χ2v) is 2.40. The maximum atomic E-state index is 11.2. The van der Waals surface area contributed by atoms with Gasteiger partial charge in [0.05, 0.1) is 0 Å². The van der Waals surface area contributed by atoms with Crippen LogP contribution < -0.4 is 5.32 Å². The average molecular weight is 254 g/mol. The zero-order chi connectivity index (χ0) is 8.97. The molecule has 69 valence electrons. The minimum absolute atomic E-state index is 0. The van der Waals surface area contributed by atoms with Crippen LogP contribution in [0.25, 0.3) is 0 Å². The van der Waals surface area contributed by atoms with Crippen molar-refractivity contribution in [1.82, 2.24) is 10.3 Å². The van der Waals surface area contributed by atoms with Crippen molar-refractivity contribution in [2.75, 3.05) is 6.54 Å². The zero-order valence-corrected chi connectivity index (χ0v) is 10.4. The zero-order valence-electron chi connectivity index (χ0n) is 7.58. The Morgan fingerprint density at radius 3 is 3.00 bits per heavy atom. The molecule has 1 heterocycles. The van der Waals surface area contributed by atoms with Crippen LogP contribution in [0.5, 0.6) is 0 Å². The minimum Gasteiger partial charge on any atom is -0.354 e. The van der Waals surface area contributed by atoms with Crippen molar-refractivity contribution in [2.45, 2.75) is 6.92 Å². The van der Waals surface area contributed by atoms with E-state index in [0.717, 1.165) is 0 Å². The molecule has 0 unspecified atom stereocenters. The van der Waals surface area contributed by atoms with Crippen LogP contribution in [0.1, 0.15) is 24.4 Å². The molecule has 1 aromatic rings. The van der Waals surface area contributed by atoms with Crippen LogP contribution in [-0.4, -0.2) is 17.4 Å². The smallest absolute Gasteiger partial charge is 0.233 e. The Morgan fingerprint density at radius 1 is 1.77 bits per heavy atom. The van der Waals surface area contributed by atoms with Crippen molar-refractivity contribution < 1.29 is 38.9 Å². The fourth-order valence-electron chi connectivity index (χ4n) is 0.882. The summed E-state index contributed by atoms with van der Waals surface area (Å²) in [4.78, 5) is 15.1. The van der Waals surface area contributed by atoms with Gasteiger partial charge in [-0.25, -0.2) is 6.92 Å². The molecule has 0 aromatic carbocycles. The average Bonchev–Trinajstić information content (AvgIpc) is 2.05. The molecule has 0 saturated carbocycles. The van der Waals surface area contributed by atoms with E-state index in [1.165, 1.54) is 0 Å². The molecular formula is C9H13N2OY-. The molecule has 1 radical (unpaired) electrons. The normalized spacial score (nSPS) is 8.69. The van der Waals surface area contributed by atoms with E-state index < -0.39 is 0 Å². The molecule has 0 aliphatic heterocycles. The number of nitrogens with zero attached hydrogens (tertiary/aromatic N) is 1. The maximum absolute atomic E-state index is 11.2. The van der Waals surface area contributed by atoms with Crippen LogP contribution in [0, 0.1) is 6.92 Å². The van der Waals surface area contributed by atoms with Gasteiger partial charge in [-0.05, 0) is 18.6 Å². The van der Waals surface area contributed by atoms with Gasteiger partial charge in [0.15, 0.2) is 0 Å². The molecule has 0 aliphatic rings. The number of pyridine rings is 1. The molecule has 1 N–H and O–H groups in total. The Labute approximate surface area is 105 Å². The van der Waals surface area contributed by atoms with Crippen LogP contribution in [0.3, 0.4) is 0 Å². The van der Waals surface area contributed by atoms with E-state index in [0.29, 0.717) is 17.8 Å². The number of aromatic nitrogens is 1. The van der Waals surface area contributed by atoms with Gasteiger partial charge < -0.3 is 5.32 Å². The number of carbonyl (C=O) groups excluding carboxylic acids is 1. The van der Waals surface area contributed by atoms with Crippen LogP contribution in [0.2, 0.25) is 0 Å². The first-order valence-electron chi connectivity index (χ1n) is 3.80. The van der Waals surface area contributed by atoms with Gasteiger partial charge in [0.1, 0.15) is 0 Å². The standard InChI is InChI=1S/C9H11N2O.Y.H2/c1-3-10-9(12)8-4-5-11-7(2)6-8;;/h4-6H,2-3H2,1H3,(H,10,12);;1H/q-1;;. The Bertz CT molecular complexity index is 294. The summed E-state index contributed by atoms with van der Waals surface area (Å²) in [6.07, 6.45) is 1.58. The van der Waals surface area contributed by atoms with E-state index >= 15 is 0 Å². The predicted octanol–water partition coefficient (Wildman–Crippen LogP) is 1.26. The predicted molar refractivity (Wildman–Crippen MR) is 48.8 cm³/mol.